The molecule has 1 saturated heterocycles. The van der Waals surface area contributed by atoms with Crippen molar-refractivity contribution in [1.29, 1.82) is 0 Å². The molecule has 1 heterocycles. The van der Waals surface area contributed by atoms with Gasteiger partial charge in [-0.2, -0.15) is 0 Å². The van der Waals surface area contributed by atoms with Gasteiger partial charge in [0.15, 0.2) is 0 Å². The topological polar surface area (TPSA) is 85.3 Å². The lowest BCUT2D eigenvalue weighted by atomic mass is 9.94. The predicted molar refractivity (Wildman–Crippen MR) is 124 cm³/mol. The van der Waals surface area contributed by atoms with Crippen LogP contribution >= 0.6 is 15.9 Å². The summed E-state index contributed by atoms with van der Waals surface area (Å²) in [6.45, 7) is 4.22. The van der Waals surface area contributed by atoms with Crippen molar-refractivity contribution >= 4 is 33.4 Å². The number of hydrogen-bond donors (Lipinski definition) is 1. The van der Waals surface area contributed by atoms with Gasteiger partial charge in [-0.15, -0.1) is 0 Å². The van der Waals surface area contributed by atoms with Crippen molar-refractivity contribution in [2.45, 2.75) is 26.0 Å². The Labute approximate surface area is 195 Å². The van der Waals surface area contributed by atoms with Crippen LogP contribution in [0.3, 0.4) is 0 Å². The van der Waals surface area contributed by atoms with Crippen LogP contribution in [0.5, 0.6) is 11.5 Å². The Balaban J connectivity index is 2.21. The molecule has 1 N–H and O–H groups in total. The summed E-state index contributed by atoms with van der Waals surface area (Å²) in [6.07, 6.45) is -0.116. The Morgan fingerprint density at radius 3 is 2.47 bits per heavy atom. The van der Waals surface area contributed by atoms with Crippen molar-refractivity contribution in [3.8, 4) is 11.5 Å². The molecule has 0 bridgehead atoms. The summed E-state index contributed by atoms with van der Waals surface area (Å²) in [7, 11) is 3.06. The zero-order valence-electron chi connectivity index (χ0n) is 18.4. The van der Waals surface area contributed by atoms with Crippen molar-refractivity contribution in [2.24, 2.45) is 0 Å². The van der Waals surface area contributed by atoms with Crippen LogP contribution < -0.4 is 9.47 Å². The zero-order valence-corrected chi connectivity index (χ0v) is 20.0. The van der Waals surface area contributed by atoms with E-state index in [0.717, 1.165) is 0 Å². The Hall–Kier alpha value is -2.84. The summed E-state index contributed by atoms with van der Waals surface area (Å²) in [4.78, 5) is 27.5. The highest BCUT2D eigenvalue weighted by Gasteiger charge is 2.47. The Bertz CT molecular complexity index is 1050. The Kier molecular flexibility index (Phi) is 7.58. The summed E-state index contributed by atoms with van der Waals surface area (Å²) in [5, 5.41) is 11.2. The number of hydrogen-bond acceptors (Lipinski definition) is 6. The predicted octanol–water partition coefficient (Wildman–Crippen LogP) is 4.31. The minimum Gasteiger partial charge on any atom is -0.507 e. The lowest BCUT2D eigenvalue weighted by molar-refractivity contribution is -0.140. The number of Topliss-reactive ketones (excluding diaryl/α,β-unsaturated/α-hetero) is 1. The number of ketones is 1. The van der Waals surface area contributed by atoms with E-state index in [-0.39, 0.29) is 30.6 Å². The average Bonchev–Trinajstić information content (AvgIpc) is 3.01. The molecule has 1 aliphatic heterocycles. The van der Waals surface area contributed by atoms with E-state index in [2.05, 4.69) is 15.9 Å². The minimum absolute atomic E-state index is 0.00276. The first-order valence-corrected chi connectivity index (χ1v) is 11.0. The number of carbonyl (C=O) groups excluding carboxylic acids is 2. The van der Waals surface area contributed by atoms with Crippen molar-refractivity contribution in [2.75, 3.05) is 27.4 Å². The van der Waals surface area contributed by atoms with Gasteiger partial charge in [-0.3, -0.25) is 9.59 Å². The lowest BCUT2D eigenvalue weighted by Gasteiger charge is -2.27. The molecule has 0 radical (unpaired) electrons. The number of aliphatic hydroxyl groups is 1. The van der Waals surface area contributed by atoms with Gasteiger partial charge >= 0.3 is 0 Å². The second-order valence-corrected chi connectivity index (χ2v) is 8.39. The van der Waals surface area contributed by atoms with E-state index in [1.54, 1.807) is 30.3 Å². The van der Waals surface area contributed by atoms with Crippen LogP contribution in [0.25, 0.3) is 5.76 Å². The largest absolute Gasteiger partial charge is 0.507 e. The van der Waals surface area contributed by atoms with Gasteiger partial charge in [-0.1, -0.05) is 18.2 Å². The van der Waals surface area contributed by atoms with Crippen LogP contribution in [0, 0.1) is 0 Å². The monoisotopic (exact) mass is 503 g/mol. The first-order chi connectivity index (χ1) is 15.3. The molecule has 3 rings (SSSR count). The molecule has 1 fully saturated rings. The SMILES string of the molecule is COCCN1C(=O)C(=O)/C(=C(\O)c2ccc(OC)c(Br)c2)C1c1ccccc1OC(C)C. The van der Waals surface area contributed by atoms with Crippen molar-refractivity contribution < 1.29 is 28.9 Å². The highest BCUT2D eigenvalue weighted by atomic mass is 79.9. The highest BCUT2D eigenvalue weighted by Crippen LogP contribution is 2.43. The van der Waals surface area contributed by atoms with E-state index < -0.39 is 17.7 Å². The number of ether oxygens (including phenoxy) is 3. The molecule has 2 aromatic rings. The number of aliphatic hydroxyl groups excluding tert-OH is 1. The van der Waals surface area contributed by atoms with Gasteiger partial charge < -0.3 is 24.2 Å². The molecule has 8 heteroatoms. The number of para-hydroxylation sites is 1. The molecule has 1 unspecified atom stereocenters. The molecule has 1 atom stereocenters. The first kappa shape index (κ1) is 23.8. The molecule has 2 aromatic carbocycles. The quantitative estimate of drug-likeness (QED) is 0.328. The van der Waals surface area contributed by atoms with E-state index in [4.69, 9.17) is 14.2 Å². The maximum absolute atomic E-state index is 13.1. The van der Waals surface area contributed by atoms with E-state index >= 15 is 0 Å². The fraction of sp³-hybridized carbons (Fsp3) is 0.333. The molecule has 32 heavy (non-hydrogen) atoms. The summed E-state index contributed by atoms with van der Waals surface area (Å²) in [5.74, 6) is -0.598. The highest BCUT2D eigenvalue weighted by molar-refractivity contribution is 9.10. The molecule has 7 nitrogen and oxygen atoms in total. The summed E-state index contributed by atoms with van der Waals surface area (Å²) >= 11 is 3.40. The van der Waals surface area contributed by atoms with Crippen LogP contribution in [0.1, 0.15) is 31.0 Å². The molecular weight excluding hydrogens is 478 g/mol. The van der Waals surface area contributed by atoms with Crippen LogP contribution in [0.4, 0.5) is 0 Å². The van der Waals surface area contributed by atoms with Gasteiger partial charge in [-0.25, -0.2) is 0 Å². The van der Waals surface area contributed by atoms with Gasteiger partial charge in [0.05, 0.1) is 35.9 Å². The number of rotatable bonds is 8. The molecule has 170 valence electrons. The van der Waals surface area contributed by atoms with Crippen molar-refractivity contribution in [1.82, 2.24) is 4.90 Å². The van der Waals surface area contributed by atoms with Crippen LogP contribution in [-0.4, -0.2) is 55.2 Å². The second kappa shape index (κ2) is 10.2. The standard InChI is InChI=1S/C24H26BrNO6/c1-14(2)32-18-8-6-5-7-16(18)21-20(23(28)24(29)26(21)11-12-30-3)22(27)15-9-10-19(31-4)17(25)13-15/h5-10,13-14,21,27H,11-12H2,1-4H3/b22-20-. The first-order valence-electron chi connectivity index (χ1n) is 10.2. The number of carbonyl (C=O) groups is 2. The van der Waals surface area contributed by atoms with Crippen molar-refractivity contribution in [3.05, 3.63) is 63.6 Å². The van der Waals surface area contributed by atoms with Gasteiger partial charge in [-0.05, 0) is 54.0 Å². The number of methoxy groups -OCH3 is 2. The molecule has 1 aliphatic rings. The minimum atomic E-state index is -0.819. The van der Waals surface area contributed by atoms with E-state index in [9.17, 15) is 14.7 Å². The van der Waals surface area contributed by atoms with Crippen molar-refractivity contribution in [3.63, 3.8) is 0 Å². The molecular formula is C24H26BrNO6. The van der Waals surface area contributed by atoms with Crippen LogP contribution in [0.2, 0.25) is 0 Å². The molecule has 0 saturated carbocycles. The fourth-order valence-corrected chi connectivity index (χ4v) is 4.20. The molecule has 0 aromatic heterocycles. The Morgan fingerprint density at radius 2 is 1.84 bits per heavy atom. The van der Waals surface area contributed by atoms with Gasteiger partial charge in [0.2, 0.25) is 0 Å². The molecule has 1 amide bonds. The van der Waals surface area contributed by atoms with Crippen LogP contribution in [-0.2, 0) is 14.3 Å². The summed E-state index contributed by atoms with van der Waals surface area (Å²) < 4.78 is 17.0. The number of benzene rings is 2. The Morgan fingerprint density at radius 1 is 1.12 bits per heavy atom. The number of amides is 1. The lowest BCUT2D eigenvalue weighted by Crippen LogP contribution is -2.33. The smallest absolute Gasteiger partial charge is 0.295 e. The summed E-state index contributed by atoms with van der Waals surface area (Å²) in [6, 6.07) is 11.3. The maximum atomic E-state index is 13.1. The number of likely N-dealkylation sites (tertiary alicyclic amines) is 1. The molecule has 0 aliphatic carbocycles. The van der Waals surface area contributed by atoms with Gasteiger partial charge in [0.25, 0.3) is 11.7 Å². The van der Waals surface area contributed by atoms with E-state index in [1.807, 2.05) is 26.0 Å². The maximum Gasteiger partial charge on any atom is 0.295 e. The third-order valence-corrected chi connectivity index (χ3v) is 5.70. The molecule has 0 spiro atoms. The van der Waals surface area contributed by atoms with Gasteiger partial charge in [0.1, 0.15) is 17.3 Å². The average molecular weight is 504 g/mol. The third-order valence-electron chi connectivity index (χ3n) is 5.08. The third kappa shape index (κ3) is 4.66. The zero-order chi connectivity index (χ0) is 23.4. The van der Waals surface area contributed by atoms with E-state index in [0.29, 0.717) is 27.1 Å². The number of nitrogens with zero attached hydrogens (tertiary/aromatic N) is 1. The second-order valence-electron chi connectivity index (χ2n) is 7.54. The normalized spacial score (nSPS) is 17.8. The number of halogens is 1. The van der Waals surface area contributed by atoms with E-state index in [1.165, 1.54) is 19.1 Å². The van der Waals surface area contributed by atoms with Crippen LogP contribution in [0.15, 0.2) is 52.5 Å². The summed E-state index contributed by atoms with van der Waals surface area (Å²) in [5.41, 5.74) is 1.00. The fourth-order valence-electron chi connectivity index (χ4n) is 3.66. The van der Waals surface area contributed by atoms with Gasteiger partial charge in [0, 0.05) is 24.8 Å².